The maximum absolute atomic E-state index is 11.2. The normalized spacial score (nSPS) is 18.4. The molecule has 1 aromatic rings. The van der Waals surface area contributed by atoms with Gasteiger partial charge in [-0.25, -0.2) is 13.1 Å². The standard InChI is InChI=1S/C13H18N4O6S/c1-24(22,23)14-8-10-3-2-6-15(9-10)12-5-4-11(16(18)19)7-13(12)17(20)21/h4-5,7,10,14H,2-3,6,8-9H2,1H3. The summed E-state index contributed by atoms with van der Waals surface area (Å²) in [4.78, 5) is 22.5. The van der Waals surface area contributed by atoms with E-state index < -0.39 is 19.9 Å². The van der Waals surface area contributed by atoms with Gasteiger partial charge in [-0.1, -0.05) is 0 Å². The lowest BCUT2D eigenvalue weighted by Gasteiger charge is -2.34. The molecule has 1 atom stereocenters. The number of non-ortho nitro benzene ring substituents is 1. The molecular weight excluding hydrogens is 340 g/mol. The minimum Gasteiger partial charge on any atom is -0.366 e. The number of rotatable bonds is 6. The van der Waals surface area contributed by atoms with Crippen LogP contribution >= 0.6 is 0 Å². The first-order valence-electron chi connectivity index (χ1n) is 7.30. The first kappa shape index (κ1) is 18.1. The van der Waals surface area contributed by atoms with Crippen molar-refractivity contribution in [3.63, 3.8) is 0 Å². The Bertz CT molecular complexity index is 751. The van der Waals surface area contributed by atoms with Gasteiger partial charge in [0.2, 0.25) is 10.0 Å². The molecule has 11 heteroatoms. The third kappa shape index (κ3) is 4.61. The van der Waals surface area contributed by atoms with Gasteiger partial charge < -0.3 is 4.90 Å². The van der Waals surface area contributed by atoms with Gasteiger partial charge in [0.25, 0.3) is 11.4 Å². The van der Waals surface area contributed by atoms with Crippen molar-refractivity contribution in [1.82, 2.24) is 4.72 Å². The first-order valence-corrected chi connectivity index (χ1v) is 9.19. The Morgan fingerprint density at radius 2 is 2.00 bits per heavy atom. The van der Waals surface area contributed by atoms with E-state index in [9.17, 15) is 28.6 Å². The highest BCUT2D eigenvalue weighted by Gasteiger charge is 2.27. The minimum absolute atomic E-state index is 0.0169. The Morgan fingerprint density at radius 3 is 2.58 bits per heavy atom. The van der Waals surface area contributed by atoms with Crippen LogP contribution in [0.5, 0.6) is 0 Å². The topological polar surface area (TPSA) is 136 Å². The molecule has 0 spiro atoms. The third-order valence-electron chi connectivity index (χ3n) is 3.86. The van der Waals surface area contributed by atoms with Gasteiger partial charge in [0.1, 0.15) is 5.69 Å². The molecule has 132 valence electrons. The summed E-state index contributed by atoms with van der Waals surface area (Å²) in [5, 5.41) is 22.0. The van der Waals surface area contributed by atoms with E-state index in [0.29, 0.717) is 18.8 Å². The third-order valence-corrected chi connectivity index (χ3v) is 4.55. The van der Waals surface area contributed by atoms with Crippen molar-refractivity contribution in [2.75, 3.05) is 30.8 Å². The van der Waals surface area contributed by atoms with E-state index >= 15 is 0 Å². The predicted molar refractivity (Wildman–Crippen MR) is 87.5 cm³/mol. The van der Waals surface area contributed by atoms with Crippen LogP contribution in [0, 0.1) is 26.1 Å². The van der Waals surface area contributed by atoms with Crippen LogP contribution in [-0.4, -0.2) is 44.2 Å². The fourth-order valence-corrected chi connectivity index (χ4v) is 3.30. The molecule has 1 aromatic carbocycles. The summed E-state index contributed by atoms with van der Waals surface area (Å²) < 4.78 is 24.8. The van der Waals surface area contributed by atoms with Gasteiger partial charge in [0.05, 0.1) is 22.2 Å². The SMILES string of the molecule is CS(=O)(=O)NCC1CCCN(c2ccc([N+](=O)[O-])cc2[N+](=O)[O-])C1. The Kier molecular flexibility index (Phi) is 5.34. The van der Waals surface area contributed by atoms with Gasteiger partial charge in [-0.15, -0.1) is 0 Å². The molecule has 10 nitrogen and oxygen atoms in total. The molecule has 0 aliphatic carbocycles. The molecule has 0 saturated carbocycles. The smallest absolute Gasteiger partial charge is 0.299 e. The highest BCUT2D eigenvalue weighted by atomic mass is 32.2. The number of anilines is 1. The van der Waals surface area contributed by atoms with Crippen molar-refractivity contribution in [2.45, 2.75) is 12.8 Å². The zero-order valence-corrected chi connectivity index (χ0v) is 13.9. The maximum atomic E-state index is 11.2. The minimum atomic E-state index is -3.29. The zero-order chi connectivity index (χ0) is 17.9. The lowest BCUT2D eigenvalue weighted by Crippen LogP contribution is -2.41. The second-order valence-electron chi connectivity index (χ2n) is 5.76. The number of sulfonamides is 1. The van der Waals surface area contributed by atoms with E-state index in [1.807, 2.05) is 0 Å². The fourth-order valence-electron chi connectivity index (χ4n) is 2.76. The van der Waals surface area contributed by atoms with E-state index in [2.05, 4.69) is 4.72 Å². The van der Waals surface area contributed by atoms with E-state index in [1.54, 1.807) is 4.90 Å². The molecule has 2 rings (SSSR count). The molecule has 1 saturated heterocycles. The summed E-state index contributed by atoms with van der Waals surface area (Å²) in [5.74, 6) is 0.0169. The van der Waals surface area contributed by atoms with Gasteiger partial charge in [0, 0.05) is 25.7 Å². The summed E-state index contributed by atoms with van der Waals surface area (Å²) in [7, 11) is -3.29. The summed E-state index contributed by atoms with van der Waals surface area (Å²) in [6.07, 6.45) is 2.64. The van der Waals surface area contributed by atoms with Crippen molar-refractivity contribution in [3.05, 3.63) is 38.4 Å². The van der Waals surface area contributed by atoms with Crippen molar-refractivity contribution in [3.8, 4) is 0 Å². The van der Waals surface area contributed by atoms with Crippen LogP contribution in [0.4, 0.5) is 17.1 Å². The van der Waals surface area contributed by atoms with Crippen LogP contribution in [0.15, 0.2) is 18.2 Å². The van der Waals surface area contributed by atoms with Crippen molar-refractivity contribution in [2.24, 2.45) is 5.92 Å². The summed E-state index contributed by atoms with van der Waals surface area (Å²) in [6.45, 7) is 1.28. The van der Waals surface area contributed by atoms with Crippen LogP contribution < -0.4 is 9.62 Å². The zero-order valence-electron chi connectivity index (χ0n) is 13.0. The largest absolute Gasteiger partial charge is 0.366 e. The molecule has 1 unspecified atom stereocenters. The maximum Gasteiger partial charge on any atom is 0.299 e. The van der Waals surface area contributed by atoms with Crippen LogP contribution in [0.1, 0.15) is 12.8 Å². The number of hydrogen-bond donors (Lipinski definition) is 1. The van der Waals surface area contributed by atoms with Gasteiger partial charge in [-0.2, -0.15) is 0 Å². The number of nitro benzene ring substituents is 2. The molecule has 0 aromatic heterocycles. The number of nitrogens with zero attached hydrogens (tertiary/aromatic N) is 3. The van der Waals surface area contributed by atoms with Gasteiger partial charge in [0.15, 0.2) is 0 Å². The monoisotopic (exact) mass is 358 g/mol. The first-order chi connectivity index (χ1) is 11.2. The predicted octanol–water partition coefficient (Wildman–Crippen LogP) is 1.27. The molecule has 1 aliphatic rings. The molecule has 0 amide bonds. The summed E-state index contributed by atoms with van der Waals surface area (Å²) in [5.41, 5.74) is -0.340. The van der Waals surface area contributed by atoms with Crippen molar-refractivity contribution < 1.29 is 18.3 Å². The average molecular weight is 358 g/mol. The highest BCUT2D eigenvalue weighted by Crippen LogP contribution is 2.34. The Balaban J connectivity index is 2.21. The van der Waals surface area contributed by atoms with Crippen molar-refractivity contribution in [1.29, 1.82) is 0 Å². The molecule has 1 aliphatic heterocycles. The Morgan fingerprint density at radius 1 is 1.29 bits per heavy atom. The van der Waals surface area contributed by atoms with E-state index in [-0.39, 0.29) is 23.8 Å². The van der Waals surface area contributed by atoms with Crippen LogP contribution in [0.25, 0.3) is 0 Å². The molecule has 1 N–H and O–H groups in total. The summed E-state index contributed by atoms with van der Waals surface area (Å²) >= 11 is 0. The number of nitrogens with one attached hydrogen (secondary N) is 1. The second kappa shape index (κ2) is 7.09. The molecule has 1 fully saturated rings. The molecule has 24 heavy (non-hydrogen) atoms. The van der Waals surface area contributed by atoms with Crippen molar-refractivity contribution >= 4 is 27.1 Å². The molecule has 0 bridgehead atoms. The Hall–Kier alpha value is -2.27. The number of hydrogen-bond acceptors (Lipinski definition) is 7. The molecule has 1 heterocycles. The Labute approximate surface area is 138 Å². The second-order valence-corrected chi connectivity index (χ2v) is 7.60. The number of piperidine rings is 1. The number of benzene rings is 1. The lowest BCUT2D eigenvalue weighted by atomic mass is 9.97. The quantitative estimate of drug-likeness (QED) is 0.597. The molecular formula is C13H18N4O6S. The van der Waals surface area contributed by atoms with Gasteiger partial charge in [-0.05, 0) is 24.8 Å². The van der Waals surface area contributed by atoms with E-state index in [0.717, 1.165) is 25.2 Å². The van der Waals surface area contributed by atoms with E-state index in [4.69, 9.17) is 0 Å². The van der Waals surface area contributed by atoms with Gasteiger partial charge in [-0.3, -0.25) is 20.2 Å². The average Bonchev–Trinajstić information content (AvgIpc) is 2.52. The van der Waals surface area contributed by atoms with Crippen LogP contribution in [-0.2, 0) is 10.0 Å². The summed E-state index contributed by atoms with van der Waals surface area (Å²) in [6, 6.07) is 3.57. The number of nitro groups is 2. The lowest BCUT2D eigenvalue weighted by molar-refractivity contribution is -0.393. The molecule has 0 radical (unpaired) electrons. The van der Waals surface area contributed by atoms with Gasteiger partial charge >= 0.3 is 0 Å². The van der Waals surface area contributed by atoms with Crippen LogP contribution in [0.2, 0.25) is 0 Å². The van der Waals surface area contributed by atoms with Crippen LogP contribution in [0.3, 0.4) is 0 Å². The van der Waals surface area contributed by atoms with E-state index in [1.165, 1.54) is 12.1 Å². The fraction of sp³-hybridized carbons (Fsp3) is 0.538. The highest BCUT2D eigenvalue weighted by molar-refractivity contribution is 7.88.